The largest absolute Gasteiger partial charge is 0.521 e. The molecule has 21 heavy (non-hydrogen) atoms. The van der Waals surface area contributed by atoms with Crippen LogP contribution in [0, 0.1) is 0 Å². The molecule has 11 nitrogen and oxygen atoms in total. The Morgan fingerprint density at radius 2 is 1.67 bits per heavy atom. The third kappa shape index (κ3) is 5.58. The summed E-state index contributed by atoms with van der Waals surface area (Å²) in [7, 11) is -14.5. The van der Waals surface area contributed by atoms with Crippen molar-refractivity contribution in [3.05, 3.63) is 0 Å². The van der Waals surface area contributed by atoms with Crippen LogP contribution < -0.4 is 10.4 Å². The number of hydrogen-bond donors (Lipinski definition) is 6. The summed E-state index contributed by atoms with van der Waals surface area (Å²) < 4.78 is 35.6. The summed E-state index contributed by atoms with van der Waals surface area (Å²) in [5.74, 6) is 0. The third-order valence-electron chi connectivity index (χ3n) is 3.10. The fraction of sp³-hybridized carbons (Fsp3) is 1.00. The van der Waals surface area contributed by atoms with Crippen LogP contribution in [0.5, 0.6) is 0 Å². The molecule has 1 aliphatic heterocycles. The summed E-state index contributed by atoms with van der Waals surface area (Å²) in [6.07, 6.45) is 2.93. The zero-order valence-corrected chi connectivity index (χ0v) is 13.5. The van der Waals surface area contributed by atoms with Crippen LogP contribution in [-0.2, 0) is 22.3 Å². The first-order chi connectivity index (χ1) is 9.59. The van der Waals surface area contributed by atoms with Gasteiger partial charge in [0.1, 0.15) is 6.73 Å². The number of hydrogen-bond acceptors (Lipinski definition) is 9. The van der Waals surface area contributed by atoms with Crippen LogP contribution in [0.1, 0.15) is 25.7 Å². The van der Waals surface area contributed by atoms with E-state index >= 15 is 0 Å². The highest BCUT2D eigenvalue weighted by Crippen LogP contribution is 2.69. The molecule has 2 aliphatic rings. The van der Waals surface area contributed by atoms with Gasteiger partial charge in [0.05, 0.1) is 6.04 Å². The molecule has 0 radical (unpaired) electrons. The molecule has 1 saturated carbocycles. The predicted molar refractivity (Wildman–Crippen MR) is 71.4 cm³/mol. The Balaban J connectivity index is 2.22. The minimum absolute atomic E-state index is 0.280. The second-order valence-electron chi connectivity index (χ2n) is 4.75. The quantitative estimate of drug-likeness (QED) is 0.327. The van der Waals surface area contributed by atoms with Crippen molar-refractivity contribution in [1.82, 2.24) is 10.4 Å². The second kappa shape index (κ2) is 6.57. The third-order valence-corrected chi connectivity index (χ3v) is 7.61. The normalized spacial score (nSPS) is 45.3. The van der Waals surface area contributed by atoms with Crippen LogP contribution in [0.3, 0.4) is 0 Å². The molecule has 14 heteroatoms. The van der Waals surface area contributed by atoms with Crippen molar-refractivity contribution in [3.63, 3.8) is 0 Å². The summed E-state index contributed by atoms with van der Waals surface area (Å²) in [5.41, 5.74) is 0. The monoisotopic (exact) mass is 367 g/mol. The Kier molecular flexibility index (Phi) is 5.59. The highest BCUT2D eigenvalue weighted by atomic mass is 31.3. The molecule has 1 saturated heterocycles. The molecule has 0 amide bonds. The maximum atomic E-state index is 11.5. The molecule has 0 spiro atoms. The minimum Gasteiger partial charge on any atom is -0.302 e. The first kappa shape index (κ1) is 17.9. The van der Waals surface area contributed by atoms with E-state index in [4.69, 9.17) is 0 Å². The van der Waals surface area contributed by atoms with Crippen molar-refractivity contribution >= 4 is 23.7 Å². The fourth-order valence-corrected chi connectivity index (χ4v) is 6.25. The average Bonchev–Trinajstić information content (AvgIpc) is 2.27. The Morgan fingerprint density at radius 1 is 1.05 bits per heavy atom. The smallest absolute Gasteiger partial charge is 0.302 e. The Bertz CT molecular complexity index is 474. The summed E-state index contributed by atoms with van der Waals surface area (Å²) in [4.78, 5) is 38.0. The van der Waals surface area contributed by atoms with E-state index in [9.17, 15) is 28.7 Å². The van der Waals surface area contributed by atoms with Gasteiger partial charge >= 0.3 is 23.7 Å². The highest BCUT2D eigenvalue weighted by Gasteiger charge is 2.53. The van der Waals surface area contributed by atoms with E-state index in [1.165, 1.54) is 0 Å². The number of phosphoric ester groups is 1. The zero-order chi connectivity index (χ0) is 15.7. The molecule has 1 heterocycles. The Morgan fingerprint density at radius 3 is 2.33 bits per heavy atom. The molecule has 2 rings (SSSR count). The van der Waals surface area contributed by atoms with E-state index in [1.807, 2.05) is 0 Å². The number of rotatable bonds is 0. The number of nitrogens with one attached hydrogen (secondary N) is 2. The summed E-state index contributed by atoms with van der Waals surface area (Å²) in [6.45, 7) is -0.404. The van der Waals surface area contributed by atoms with Gasteiger partial charge in [-0.05, 0) is 17.2 Å². The number of fused-ring (bicyclic) bond motifs is 1. The average molecular weight is 367 g/mol. The van der Waals surface area contributed by atoms with Gasteiger partial charge in [0.15, 0.2) is 0 Å². The van der Waals surface area contributed by atoms with Crippen LogP contribution >= 0.6 is 23.7 Å². The summed E-state index contributed by atoms with van der Waals surface area (Å²) >= 11 is 0. The van der Waals surface area contributed by atoms with Crippen molar-refractivity contribution < 1.29 is 41.8 Å². The molecular formula is C7H18N2O9P3+. The van der Waals surface area contributed by atoms with Crippen LogP contribution in [0.4, 0.5) is 0 Å². The molecule has 0 aromatic carbocycles. The van der Waals surface area contributed by atoms with Crippen molar-refractivity contribution in [2.75, 3.05) is 6.73 Å². The fourth-order valence-electron chi connectivity index (χ4n) is 2.31. The van der Waals surface area contributed by atoms with Gasteiger partial charge in [0.25, 0.3) is 0 Å². The Hall–Kier alpha value is 0.530. The minimum atomic E-state index is -5.19. The van der Waals surface area contributed by atoms with Gasteiger partial charge in [0.2, 0.25) is 0 Å². The van der Waals surface area contributed by atoms with Gasteiger partial charge in [-0.15, -0.1) is 5.09 Å². The van der Waals surface area contributed by atoms with E-state index < -0.39 is 36.5 Å². The Labute approximate surface area is 121 Å². The molecule has 6 N–H and O–H groups in total. The highest BCUT2D eigenvalue weighted by molar-refractivity contribution is 7.70. The first-order valence-corrected chi connectivity index (χ1v) is 10.8. The number of phosphoric acid groups is 2. The van der Waals surface area contributed by atoms with Crippen molar-refractivity contribution in [3.8, 4) is 0 Å². The molecular weight excluding hydrogens is 349 g/mol. The van der Waals surface area contributed by atoms with E-state index in [2.05, 4.69) is 23.5 Å². The SMILES string of the molecule is O=P1(O)OCN[C@@H]2CCCC[C@H]2N[P+](O)(O)OP(=O)(O)O1. The van der Waals surface area contributed by atoms with Gasteiger partial charge in [0, 0.05) is 6.04 Å². The topological polar surface area (TPSA) is 167 Å². The van der Waals surface area contributed by atoms with Gasteiger partial charge in [-0.1, -0.05) is 12.8 Å². The lowest BCUT2D eigenvalue weighted by Crippen LogP contribution is -2.49. The van der Waals surface area contributed by atoms with Gasteiger partial charge in [-0.2, -0.15) is 14.1 Å². The molecule has 2 unspecified atom stereocenters. The van der Waals surface area contributed by atoms with E-state index in [1.54, 1.807) is 0 Å². The predicted octanol–water partition coefficient (Wildman–Crippen LogP) is 0.361. The van der Waals surface area contributed by atoms with Gasteiger partial charge in [-0.3, -0.25) is 14.7 Å². The van der Waals surface area contributed by atoms with Crippen LogP contribution in [0.25, 0.3) is 0 Å². The van der Waals surface area contributed by atoms with E-state index in [0.29, 0.717) is 12.8 Å². The lowest BCUT2D eigenvalue weighted by molar-refractivity contribution is 0.158. The second-order valence-corrected chi connectivity index (χ2v) is 9.53. The molecule has 0 aromatic rings. The summed E-state index contributed by atoms with van der Waals surface area (Å²) in [6, 6.07) is -0.737. The van der Waals surface area contributed by atoms with Crippen LogP contribution in [0.2, 0.25) is 0 Å². The van der Waals surface area contributed by atoms with Gasteiger partial charge in [-0.25, -0.2) is 9.13 Å². The van der Waals surface area contributed by atoms with Crippen molar-refractivity contribution in [1.29, 1.82) is 0 Å². The zero-order valence-electron chi connectivity index (χ0n) is 10.9. The van der Waals surface area contributed by atoms with Crippen LogP contribution in [0.15, 0.2) is 0 Å². The molecule has 0 aromatic heterocycles. The van der Waals surface area contributed by atoms with Crippen molar-refractivity contribution in [2.24, 2.45) is 0 Å². The first-order valence-electron chi connectivity index (χ1n) is 6.17. The standard InChI is InChI=1S/C7H17N2O9P3/c10-19(11)9-7-4-2-1-3-6(7)8-5-16-20(12,13)18-21(14,15)17-19/h6-11H,1-5H2,(H-,12,13,14,15)/p+1/t6-,7-/m1/s1. The van der Waals surface area contributed by atoms with Crippen LogP contribution in [-0.4, -0.2) is 38.4 Å². The molecule has 124 valence electrons. The van der Waals surface area contributed by atoms with Crippen molar-refractivity contribution in [2.45, 2.75) is 37.8 Å². The van der Waals surface area contributed by atoms with E-state index in [0.717, 1.165) is 12.8 Å². The molecule has 2 fully saturated rings. The molecule has 4 atom stereocenters. The molecule has 0 bridgehead atoms. The lowest BCUT2D eigenvalue weighted by Gasteiger charge is -2.31. The maximum Gasteiger partial charge on any atom is 0.521 e. The van der Waals surface area contributed by atoms with E-state index in [-0.39, 0.29) is 6.04 Å². The lowest BCUT2D eigenvalue weighted by atomic mass is 9.91. The maximum absolute atomic E-state index is 11.5. The van der Waals surface area contributed by atoms with Gasteiger partial charge < -0.3 is 4.89 Å². The summed E-state index contributed by atoms with van der Waals surface area (Å²) in [5, 5.41) is 5.19. The molecule has 1 aliphatic carbocycles.